The van der Waals surface area contributed by atoms with Crippen molar-refractivity contribution in [2.45, 2.75) is 38.9 Å². The predicted octanol–water partition coefficient (Wildman–Crippen LogP) is 5.29. The Hall–Kier alpha value is -6.76. The van der Waals surface area contributed by atoms with Crippen LogP contribution in [-0.2, 0) is 62.8 Å². The zero-order chi connectivity index (χ0) is 42.6. The molecule has 12 nitrogen and oxygen atoms in total. The zero-order valence-corrected chi connectivity index (χ0v) is 33.6. The van der Waals surface area contributed by atoms with E-state index in [1.54, 1.807) is 30.3 Å². The molecular weight excluding hydrogens is 763 g/mol. The van der Waals surface area contributed by atoms with E-state index in [2.05, 4.69) is 10.1 Å². The van der Waals surface area contributed by atoms with Crippen LogP contribution in [0.2, 0.25) is 0 Å². The van der Waals surface area contributed by atoms with Crippen LogP contribution in [0.3, 0.4) is 0 Å². The maximum atomic E-state index is 12.2. The molecule has 0 saturated carbocycles. The minimum absolute atomic E-state index is 0.156. The molecule has 3 heterocycles. The minimum atomic E-state index is -0.500. The summed E-state index contributed by atoms with van der Waals surface area (Å²) in [6, 6.07) is 35.6. The molecule has 0 aromatic heterocycles. The van der Waals surface area contributed by atoms with Crippen LogP contribution in [0.4, 0.5) is 11.4 Å². The molecule has 0 spiro atoms. The van der Waals surface area contributed by atoms with Crippen molar-refractivity contribution in [3.8, 4) is 0 Å². The monoisotopic (exact) mass is 809 g/mol. The summed E-state index contributed by atoms with van der Waals surface area (Å²) < 4.78 is 9.43. The number of nitrogens with one attached hydrogen (secondary N) is 1. The van der Waals surface area contributed by atoms with E-state index in [0.29, 0.717) is 75.2 Å². The maximum absolute atomic E-state index is 12.2. The standard InChI is InChI=1S/2C18H17NO3.C12H13NO3/c1-22-18(21)14-8-7-13-10-17(20)12-19(11-15(13)9-14)16-5-3-2-4-6-16;20-12-18(22)14-7-6-13-9-17(21)11-19(10-15(13)8-14)16-4-2-1-3-5-16;1-16-12(15)9-3-2-8-5-11(14)7-13-6-10(8)4-9/h2-9H,10-12H2,1H3;1-8,20H,9-12H2;2-4,13H,5-7H2,1H3. The van der Waals surface area contributed by atoms with Crippen LogP contribution >= 0.6 is 0 Å². The van der Waals surface area contributed by atoms with Gasteiger partial charge in [0.2, 0.25) is 0 Å². The molecule has 60 heavy (non-hydrogen) atoms. The summed E-state index contributed by atoms with van der Waals surface area (Å²) in [5, 5.41) is 12.0. The number of hydrogen-bond acceptors (Lipinski definition) is 12. The molecule has 0 atom stereocenters. The average molecular weight is 810 g/mol. The average Bonchev–Trinajstić information content (AvgIpc) is 3.66. The number of aliphatic hydroxyl groups excluding tert-OH is 1. The van der Waals surface area contributed by atoms with Crippen molar-refractivity contribution < 1.29 is 43.3 Å². The second-order valence-corrected chi connectivity index (χ2v) is 14.6. The third kappa shape index (κ3) is 11.0. The Kier molecular flexibility index (Phi) is 14.5. The first-order valence-electron chi connectivity index (χ1n) is 19.6. The normalized spacial score (nSPS) is 14.6. The second kappa shape index (κ2) is 20.3. The fourth-order valence-electron chi connectivity index (χ4n) is 7.35. The molecule has 0 unspecified atom stereocenters. The van der Waals surface area contributed by atoms with Gasteiger partial charge in [0.1, 0.15) is 6.61 Å². The molecule has 0 saturated heterocycles. The summed E-state index contributed by atoms with van der Waals surface area (Å²) in [5.74, 6) is -0.505. The Morgan fingerprint density at radius 3 is 1.40 bits per heavy atom. The number of carbonyl (C=O) groups is 6. The van der Waals surface area contributed by atoms with Gasteiger partial charge >= 0.3 is 11.9 Å². The zero-order valence-electron chi connectivity index (χ0n) is 33.6. The highest BCUT2D eigenvalue weighted by atomic mass is 16.5. The van der Waals surface area contributed by atoms with E-state index in [1.165, 1.54) is 14.2 Å². The summed E-state index contributed by atoms with van der Waals surface area (Å²) in [6.45, 7) is 2.44. The Morgan fingerprint density at radius 2 is 0.933 bits per heavy atom. The summed E-state index contributed by atoms with van der Waals surface area (Å²) in [6.07, 6.45) is 1.22. The van der Waals surface area contributed by atoms with Gasteiger partial charge in [0.15, 0.2) is 23.1 Å². The van der Waals surface area contributed by atoms with Crippen LogP contribution < -0.4 is 15.1 Å². The fraction of sp³-hybridized carbons (Fsp3) is 0.250. The number of nitrogens with zero attached hydrogens (tertiary/aromatic N) is 2. The molecule has 12 heteroatoms. The highest BCUT2D eigenvalue weighted by molar-refractivity contribution is 5.97. The van der Waals surface area contributed by atoms with Gasteiger partial charge < -0.3 is 29.7 Å². The molecule has 8 rings (SSSR count). The molecule has 0 amide bonds. The molecule has 0 fully saturated rings. The summed E-state index contributed by atoms with van der Waals surface area (Å²) in [4.78, 5) is 74.5. The highest BCUT2D eigenvalue weighted by Gasteiger charge is 2.23. The van der Waals surface area contributed by atoms with E-state index >= 15 is 0 Å². The lowest BCUT2D eigenvalue weighted by molar-refractivity contribution is -0.118. The summed E-state index contributed by atoms with van der Waals surface area (Å²) in [5.41, 5.74) is 9.41. The van der Waals surface area contributed by atoms with Crippen molar-refractivity contribution in [3.05, 3.63) is 165 Å². The lowest BCUT2D eigenvalue weighted by Crippen LogP contribution is -2.27. The number of para-hydroxylation sites is 2. The minimum Gasteiger partial charge on any atom is -0.465 e. The quantitative estimate of drug-likeness (QED) is 0.169. The predicted molar refractivity (Wildman–Crippen MR) is 226 cm³/mol. The van der Waals surface area contributed by atoms with Gasteiger partial charge in [-0.2, -0.15) is 0 Å². The van der Waals surface area contributed by atoms with E-state index in [-0.39, 0.29) is 35.1 Å². The Morgan fingerprint density at radius 1 is 0.517 bits per heavy atom. The number of anilines is 2. The molecular formula is C48H47N3O9. The van der Waals surface area contributed by atoms with E-state index in [4.69, 9.17) is 9.84 Å². The highest BCUT2D eigenvalue weighted by Crippen LogP contribution is 2.26. The molecule has 0 radical (unpaired) electrons. The van der Waals surface area contributed by atoms with Crippen LogP contribution in [0.25, 0.3) is 0 Å². The molecule has 5 aromatic rings. The molecule has 308 valence electrons. The summed E-state index contributed by atoms with van der Waals surface area (Å²) >= 11 is 0. The van der Waals surface area contributed by atoms with E-state index in [1.807, 2.05) is 94.7 Å². The Labute approximate surface area is 348 Å². The number of carbonyl (C=O) groups excluding carboxylic acids is 6. The van der Waals surface area contributed by atoms with E-state index in [9.17, 15) is 28.8 Å². The van der Waals surface area contributed by atoms with Crippen molar-refractivity contribution in [2.75, 3.05) is 50.3 Å². The molecule has 0 aliphatic carbocycles. The van der Waals surface area contributed by atoms with Crippen molar-refractivity contribution in [1.29, 1.82) is 0 Å². The number of benzene rings is 5. The maximum Gasteiger partial charge on any atom is 0.337 e. The lowest BCUT2D eigenvalue weighted by Gasteiger charge is -2.22. The lowest BCUT2D eigenvalue weighted by atomic mass is 9.99. The number of Topliss-reactive ketones (excluding diaryl/α,β-unsaturated/α-hetero) is 4. The molecule has 3 aliphatic heterocycles. The van der Waals surface area contributed by atoms with E-state index in [0.717, 1.165) is 44.8 Å². The smallest absolute Gasteiger partial charge is 0.337 e. The van der Waals surface area contributed by atoms with Gasteiger partial charge in [-0.15, -0.1) is 0 Å². The number of rotatable bonds is 6. The summed E-state index contributed by atoms with van der Waals surface area (Å²) in [7, 11) is 2.73. The van der Waals surface area contributed by atoms with E-state index < -0.39 is 6.61 Å². The molecule has 5 aromatic carbocycles. The van der Waals surface area contributed by atoms with Gasteiger partial charge in [0.25, 0.3) is 0 Å². The van der Waals surface area contributed by atoms with Gasteiger partial charge in [-0.25, -0.2) is 9.59 Å². The largest absolute Gasteiger partial charge is 0.465 e. The van der Waals surface area contributed by atoms with Gasteiger partial charge in [-0.1, -0.05) is 60.7 Å². The van der Waals surface area contributed by atoms with Crippen molar-refractivity contribution in [3.63, 3.8) is 0 Å². The van der Waals surface area contributed by atoms with Crippen LogP contribution in [0.5, 0.6) is 0 Å². The number of fused-ring (bicyclic) bond motifs is 3. The molecule has 3 aliphatic rings. The van der Waals surface area contributed by atoms with Crippen LogP contribution in [0, 0.1) is 0 Å². The van der Waals surface area contributed by atoms with Crippen LogP contribution in [0.15, 0.2) is 115 Å². The Bertz CT molecular complexity index is 2250. The third-order valence-corrected chi connectivity index (χ3v) is 10.4. The first-order valence-corrected chi connectivity index (χ1v) is 19.6. The van der Waals surface area contributed by atoms with Crippen LogP contribution in [-0.4, -0.2) is 80.6 Å². The van der Waals surface area contributed by atoms with Crippen molar-refractivity contribution >= 4 is 46.4 Å². The van der Waals surface area contributed by atoms with Crippen molar-refractivity contribution in [1.82, 2.24) is 5.32 Å². The Balaban J connectivity index is 0.000000153. The topological polar surface area (TPSA) is 160 Å². The molecule has 0 bridgehead atoms. The fourth-order valence-corrected chi connectivity index (χ4v) is 7.35. The van der Waals surface area contributed by atoms with Gasteiger partial charge in [-0.05, 0) is 88.0 Å². The molecule has 2 N–H and O–H groups in total. The van der Waals surface area contributed by atoms with Gasteiger partial charge in [-0.3, -0.25) is 19.2 Å². The first-order chi connectivity index (χ1) is 29.0. The SMILES string of the molecule is COC(=O)c1ccc2c(c1)CN(c1ccccc1)CC(=O)C2.COC(=O)c1ccc2c(c1)CNCC(=O)C2.O=C1Cc2ccc(C(=O)CO)cc2CN(c2ccccc2)C1. The number of hydrogen-bond donors (Lipinski definition) is 2. The van der Waals surface area contributed by atoms with Gasteiger partial charge in [0.05, 0.1) is 45.0 Å². The number of esters is 2. The number of methoxy groups -OCH3 is 2. The van der Waals surface area contributed by atoms with Gasteiger partial charge in [0, 0.05) is 55.8 Å². The number of aliphatic hydroxyl groups is 1. The van der Waals surface area contributed by atoms with Crippen molar-refractivity contribution in [2.24, 2.45) is 0 Å². The second-order valence-electron chi connectivity index (χ2n) is 14.6. The first kappa shape index (κ1) is 42.8. The number of ketones is 4. The number of ether oxygens (including phenoxy) is 2. The van der Waals surface area contributed by atoms with Crippen LogP contribution in [0.1, 0.15) is 64.5 Å². The third-order valence-electron chi connectivity index (χ3n) is 10.4.